The third kappa shape index (κ3) is 7.12. The van der Waals surface area contributed by atoms with Crippen molar-refractivity contribution in [2.75, 3.05) is 20.3 Å². The Morgan fingerprint density at radius 2 is 1.88 bits per heavy atom. The number of nitrogens with zero attached hydrogens (tertiary/aromatic N) is 4. The number of ether oxygens (including phenoxy) is 1. The number of fused-ring (bicyclic) bond motifs is 1. The van der Waals surface area contributed by atoms with E-state index in [1.54, 1.807) is 43.9 Å². The molecule has 0 fully saturated rings. The predicted octanol–water partition coefficient (Wildman–Crippen LogP) is 2.45. The summed E-state index contributed by atoms with van der Waals surface area (Å²) in [5.74, 6) is -0.368. The lowest BCUT2D eigenvalue weighted by Crippen LogP contribution is -2.56. The maximum Gasteiger partial charge on any atom is 0.333 e. The van der Waals surface area contributed by atoms with E-state index in [1.165, 1.54) is 41.2 Å². The first kappa shape index (κ1) is 34.7. The highest BCUT2D eigenvalue weighted by molar-refractivity contribution is 7.59. The van der Waals surface area contributed by atoms with Crippen molar-refractivity contribution in [3.8, 4) is 10.8 Å². The van der Waals surface area contributed by atoms with Crippen molar-refractivity contribution in [3.63, 3.8) is 0 Å². The Morgan fingerprint density at radius 3 is 2.43 bits per heavy atom. The topological polar surface area (TPSA) is 141 Å². The van der Waals surface area contributed by atoms with Gasteiger partial charge in [0.25, 0.3) is 5.56 Å². The molecule has 230 valence electrons. The molecule has 0 atom stereocenters. The Morgan fingerprint density at radius 1 is 1.21 bits per heavy atom. The van der Waals surface area contributed by atoms with Crippen molar-refractivity contribution in [2.45, 2.75) is 59.2 Å². The average Bonchev–Trinajstić information content (AvgIpc) is 3.56. The second kappa shape index (κ2) is 14.6. The third-order valence-electron chi connectivity index (χ3n) is 6.38. The third-order valence-corrected chi connectivity index (χ3v) is 7.69. The highest BCUT2D eigenvalue weighted by Gasteiger charge is 2.35. The molecule has 0 spiro atoms. The molecule has 0 aliphatic heterocycles. The first-order chi connectivity index (χ1) is 19.4. The smallest absolute Gasteiger partial charge is 0.333 e. The predicted molar refractivity (Wildman–Crippen MR) is 166 cm³/mol. The van der Waals surface area contributed by atoms with Crippen LogP contribution in [-0.4, -0.2) is 61.4 Å². The number of halogens is 1. The lowest BCUT2D eigenvalue weighted by atomic mass is 10.0. The fourth-order valence-electron chi connectivity index (χ4n) is 4.35. The number of aliphatic hydroxyl groups is 2. The SMILES string of the molecule is COc1ccc(F)cc1CCn1c(=O)n(C(C)(C)C(=O)NC(C)C)c(=O)c2c(C)c(-n3cccn3)sc21.OCCO.S. The van der Waals surface area contributed by atoms with Crippen LogP contribution in [0.4, 0.5) is 4.39 Å². The molecule has 1 aromatic carbocycles. The highest BCUT2D eigenvalue weighted by Crippen LogP contribution is 2.31. The molecule has 0 bridgehead atoms. The van der Waals surface area contributed by atoms with Gasteiger partial charge in [-0.3, -0.25) is 14.2 Å². The van der Waals surface area contributed by atoms with Gasteiger partial charge in [0.15, 0.2) is 0 Å². The Balaban J connectivity index is 0.00000116. The molecule has 1 amide bonds. The number of nitrogens with one attached hydrogen (secondary N) is 1. The lowest BCUT2D eigenvalue weighted by Gasteiger charge is -2.27. The van der Waals surface area contributed by atoms with E-state index in [4.69, 9.17) is 14.9 Å². The number of aryl methyl sites for hydroxylation is 3. The van der Waals surface area contributed by atoms with Crippen LogP contribution >= 0.6 is 24.8 Å². The molecule has 0 aliphatic carbocycles. The summed E-state index contributed by atoms with van der Waals surface area (Å²) in [6, 6.07) is 5.80. The summed E-state index contributed by atoms with van der Waals surface area (Å²) in [5, 5.41) is 23.4. The normalized spacial score (nSPS) is 11.2. The first-order valence-corrected chi connectivity index (χ1v) is 13.8. The van der Waals surface area contributed by atoms with Gasteiger partial charge in [0, 0.05) is 30.5 Å². The van der Waals surface area contributed by atoms with Crippen LogP contribution in [0.2, 0.25) is 0 Å². The number of thiophene rings is 1. The number of hydrogen-bond acceptors (Lipinski definition) is 8. The minimum Gasteiger partial charge on any atom is -0.496 e. The van der Waals surface area contributed by atoms with Crippen molar-refractivity contribution >= 4 is 41.0 Å². The number of carbonyl (C=O) groups is 1. The monoisotopic (exact) mass is 623 g/mol. The lowest BCUT2D eigenvalue weighted by molar-refractivity contribution is -0.129. The Bertz CT molecular complexity index is 1620. The van der Waals surface area contributed by atoms with E-state index in [-0.39, 0.29) is 45.7 Å². The number of aliphatic hydroxyl groups excluding tert-OH is 2. The molecule has 11 nitrogen and oxygen atoms in total. The van der Waals surface area contributed by atoms with Crippen LogP contribution in [-0.2, 0) is 23.3 Å². The average molecular weight is 624 g/mol. The number of benzene rings is 1. The number of carbonyl (C=O) groups excluding carboxylic acids is 1. The molecule has 0 unspecified atom stereocenters. The minimum absolute atomic E-state index is 0. The number of methoxy groups -OCH3 is 1. The van der Waals surface area contributed by atoms with Gasteiger partial charge < -0.3 is 20.3 Å². The van der Waals surface area contributed by atoms with E-state index in [2.05, 4.69) is 10.4 Å². The molecule has 14 heteroatoms. The second-order valence-corrected chi connectivity index (χ2v) is 11.1. The van der Waals surface area contributed by atoms with Crippen molar-refractivity contribution in [1.82, 2.24) is 24.2 Å². The summed E-state index contributed by atoms with van der Waals surface area (Å²) in [4.78, 5) is 41.3. The molecule has 42 heavy (non-hydrogen) atoms. The van der Waals surface area contributed by atoms with E-state index < -0.39 is 28.5 Å². The van der Waals surface area contributed by atoms with Crippen LogP contribution in [0, 0.1) is 12.7 Å². The summed E-state index contributed by atoms with van der Waals surface area (Å²) in [6.45, 7) is 8.40. The van der Waals surface area contributed by atoms with Crippen LogP contribution in [0.25, 0.3) is 15.2 Å². The summed E-state index contributed by atoms with van der Waals surface area (Å²) in [7, 11) is 1.50. The van der Waals surface area contributed by atoms with Crippen LogP contribution in [0.3, 0.4) is 0 Å². The first-order valence-electron chi connectivity index (χ1n) is 13.0. The van der Waals surface area contributed by atoms with Gasteiger partial charge in [-0.25, -0.2) is 18.4 Å². The maximum absolute atomic E-state index is 14.0. The molecule has 3 heterocycles. The van der Waals surface area contributed by atoms with Gasteiger partial charge in [0.1, 0.15) is 26.9 Å². The zero-order valence-electron chi connectivity index (χ0n) is 24.5. The Kier molecular flexibility index (Phi) is 12.1. The van der Waals surface area contributed by atoms with Gasteiger partial charge in [-0.1, -0.05) is 11.3 Å². The van der Waals surface area contributed by atoms with Gasteiger partial charge >= 0.3 is 5.69 Å². The highest BCUT2D eigenvalue weighted by atomic mass is 32.1. The zero-order chi connectivity index (χ0) is 30.5. The molecule has 0 saturated heterocycles. The largest absolute Gasteiger partial charge is 0.496 e. The van der Waals surface area contributed by atoms with E-state index in [9.17, 15) is 18.8 Å². The number of amides is 1. The Hall–Kier alpha value is -3.46. The van der Waals surface area contributed by atoms with E-state index >= 15 is 0 Å². The van der Waals surface area contributed by atoms with Crippen LogP contribution in [0.15, 0.2) is 46.2 Å². The molecule has 0 saturated carbocycles. The van der Waals surface area contributed by atoms with Crippen molar-refractivity contribution < 1.29 is 24.1 Å². The minimum atomic E-state index is -1.47. The summed E-state index contributed by atoms with van der Waals surface area (Å²) >= 11 is 1.27. The zero-order valence-corrected chi connectivity index (χ0v) is 26.3. The van der Waals surface area contributed by atoms with Crippen LogP contribution in [0.5, 0.6) is 5.75 Å². The standard InChI is InChI=1S/C26H30FN5O4S.C2H6O2.H2S/c1-15(2)29-24(34)26(4,5)32-21(33)20-16(3)22(31-12-7-11-28-31)37-23(20)30(25(32)35)13-10-17-14-18(27)8-9-19(17)36-6;3-1-2-4;/h7-9,11-12,14-15H,10,13H2,1-6H3,(H,29,34);3-4H,1-2H2;1H2. The molecule has 0 aliphatic rings. The van der Waals surface area contributed by atoms with Gasteiger partial charge in [-0.05, 0) is 70.9 Å². The van der Waals surface area contributed by atoms with E-state index in [0.717, 1.165) is 4.57 Å². The molecule has 3 aromatic heterocycles. The molecule has 0 radical (unpaired) electrons. The number of rotatable bonds is 9. The summed E-state index contributed by atoms with van der Waals surface area (Å²) in [5.41, 5.74) is -1.40. The summed E-state index contributed by atoms with van der Waals surface area (Å²) in [6.07, 6.45) is 3.65. The molecule has 4 rings (SSSR count). The Labute approximate surface area is 253 Å². The summed E-state index contributed by atoms with van der Waals surface area (Å²) < 4.78 is 23.5. The van der Waals surface area contributed by atoms with Gasteiger partial charge in [0.2, 0.25) is 5.91 Å². The molecular weight excluding hydrogens is 585 g/mol. The van der Waals surface area contributed by atoms with E-state index in [1.807, 2.05) is 13.8 Å². The van der Waals surface area contributed by atoms with Gasteiger partial charge in [-0.2, -0.15) is 18.6 Å². The second-order valence-electron chi connectivity index (χ2n) is 10.1. The van der Waals surface area contributed by atoms with Crippen molar-refractivity contribution in [2.24, 2.45) is 0 Å². The molecule has 4 aromatic rings. The quantitative estimate of drug-likeness (QED) is 0.260. The van der Waals surface area contributed by atoms with Crippen LogP contribution in [0.1, 0.15) is 38.8 Å². The fraction of sp³-hybridized carbons (Fsp3) is 0.429. The van der Waals surface area contributed by atoms with Gasteiger partial charge in [-0.15, -0.1) is 0 Å². The molecular formula is C28H38FN5O6S2. The number of hydrogen-bond donors (Lipinski definition) is 3. The van der Waals surface area contributed by atoms with Crippen molar-refractivity contribution in [1.29, 1.82) is 0 Å². The number of aromatic nitrogens is 4. The van der Waals surface area contributed by atoms with Crippen LogP contribution < -0.4 is 21.3 Å². The fourth-order valence-corrected chi connectivity index (χ4v) is 5.61. The maximum atomic E-state index is 14.0. The molecule has 3 N–H and O–H groups in total. The van der Waals surface area contributed by atoms with Crippen molar-refractivity contribution in [3.05, 3.63) is 74.4 Å². The van der Waals surface area contributed by atoms with E-state index in [0.29, 0.717) is 32.1 Å². The van der Waals surface area contributed by atoms with Gasteiger partial charge in [0.05, 0.1) is 25.7 Å².